The van der Waals surface area contributed by atoms with Gasteiger partial charge < -0.3 is 24.2 Å². The molecule has 1 fully saturated rings. The van der Waals surface area contributed by atoms with E-state index in [9.17, 15) is 51.0 Å². The molecule has 1 heterocycles. The number of carbonyl (C=O) groups is 6. The van der Waals surface area contributed by atoms with E-state index >= 15 is 0 Å². The molecule has 59 heavy (non-hydrogen) atoms. The number of terminal acetylenes is 1. The van der Waals surface area contributed by atoms with Crippen LogP contribution in [0.2, 0.25) is 10.0 Å². The lowest BCUT2D eigenvalue weighted by Gasteiger charge is -2.19. The van der Waals surface area contributed by atoms with Gasteiger partial charge in [-0.2, -0.15) is 0 Å². The molecule has 2 unspecified atom stereocenters. The van der Waals surface area contributed by atoms with Gasteiger partial charge in [0.2, 0.25) is 0 Å². The van der Waals surface area contributed by atoms with Gasteiger partial charge in [0, 0.05) is 41.9 Å². The van der Waals surface area contributed by atoms with E-state index in [1.54, 1.807) is 6.92 Å². The molecule has 2 aromatic carbocycles. The van der Waals surface area contributed by atoms with Crippen molar-refractivity contribution < 1.29 is 65.8 Å². The Balaban J connectivity index is 0.000000312. The molecule has 21 heteroatoms. The molecule has 5 rings (SSSR count). The predicted molar refractivity (Wildman–Crippen MR) is 220 cm³/mol. The number of aliphatic carboxylic acids is 1. The van der Waals surface area contributed by atoms with Crippen LogP contribution in [0.3, 0.4) is 0 Å². The summed E-state index contributed by atoms with van der Waals surface area (Å²) in [5.41, 5.74) is 0.806. The number of carboxylic acids is 1. The van der Waals surface area contributed by atoms with Gasteiger partial charge in [-0.05, 0) is 74.2 Å². The van der Waals surface area contributed by atoms with Crippen molar-refractivity contribution in [3.63, 3.8) is 0 Å². The third kappa shape index (κ3) is 15.6. The fraction of sp³-hybridized carbons (Fsp3) is 0.421. The average molecular weight is 922 g/mol. The second-order valence-electron chi connectivity index (χ2n) is 13.6. The van der Waals surface area contributed by atoms with Crippen molar-refractivity contribution in [2.24, 2.45) is 5.92 Å². The number of hydrogen-bond donors (Lipinski definition) is 3. The molecule has 1 saturated carbocycles. The highest BCUT2D eigenvalue weighted by Crippen LogP contribution is 2.40. The van der Waals surface area contributed by atoms with Gasteiger partial charge in [-0.25, -0.2) is 17.7 Å². The fourth-order valence-corrected chi connectivity index (χ4v) is 7.12. The molecule has 3 N–H and O–H groups in total. The molecule has 0 spiro atoms. The van der Waals surface area contributed by atoms with Crippen molar-refractivity contribution >= 4 is 92.4 Å². The average Bonchev–Trinajstić information content (AvgIpc) is 3.37. The zero-order chi connectivity index (χ0) is 45.0. The Morgan fingerprint density at radius 3 is 1.98 bits per heavy atom. The summed E-state index contributed by atoms with van der Waals surface area (Å²) < 4.78 is 52.6. The number of rotatable bonds is 10. The summed E-state index contributed by atoms with van der Waals surface area (Å²) >= 11 is 11.9. The number of halogens is 3. The number of imide groups is 1. The summed E-state index contributed by atoms with van der Waals surface area (Å²) in [5, 5.41) is 9.92. The van der Waals surface area contributed by atoms with Crippen molar-refractivity contribution in [1.29, 1.82) is 0 Å². The van der Waals surface area contributed by atoms with Crippen molar-refractivity contribution in [1.82, 2.24) is 5.32 Å². The summed E-state index contributed by atoms with van der Waals surface area (Å²) in [6.45, 7) is 1.15. The number of hydrogen-bond acceptors (Lipinski definition) is 12. The smallest absolute Gasteiger partial charge is 0.317 e. The van der Waals surface area contributed by atoms with E-state index in [-0.39, 0.29) is 44.8 Å². The van der Waals surface area contributed by atoms with Crippen LogP contribution in [0.1, 0.15) is 62.2 Å². The molecule has 3 aliphatic rings. The third-order valence-electron chi connectivity index (χ3n) is 8.15. The number of benzene rings is 2. The van der Waals surface area contributed by atoms with E-state index in [0.29, 0.717) is 41.3 Å². The Kier molecular flexibility index (Phi) is 19.6. The standard InChI is InChI=1S/C18H15ClFNO3.C14H13ClO5S.C3H8NO5P.C3H9S/c1-3-10(2)24-16-9-15(14(20)8-13(16)19)21-17(22)11-6-4-5-7-12(11)18(21)23;1-21(19,20)8-5-6-9(10(15)7-8)14(18)13-11(16)3-2-4-12(13)17;5-3(6)1-4-2-10(7,8)9;1-4(2)3/h1,8-10H,4-7H2,2H3;5-7,13H,2-4H2,1H3;4H,1-2H2,(H,5,6)(H2,7,8,9);1-3H3/q;;;+1/p-1. The second-order valence-corrected chi connectivity index (χ2v) is 20.5. The maximum Gasteiger partial charge on any atom is 0.317 e. The second kappa shape index (κ2) is 22.6. The molecule has 322 valence electrons. The summed E-state index contributed by atoms with van der Waals surface area (Å²) in [6, 6.07) is 5.91. The van der Waals surface area contributed by atoms with Crippen LogP contribution >= 0.6 is 30.8 Å². The first kappa shape index (κ1) is 51.2. The highest BCUT2D eigenvalue weighted by atomic mass is 35.5. The van der Waals surface area contributed by atoms with E-state index in [4.69, 9.17) is 44.4 Å². The summed E-state index contributed by atoms with van der Waals surface area (Å²) in [4.78, 5) is 89.6. The number of nitrogens with zero attached hydrogens (tertiary/aromatic N) is 1. The number of ketones is 3. The van der Waals surface area contributed by atoms with Gasteiger partial charge in [-0.15, -0.1) is 6.42 Å². The Bertz CT molecular complexity index is 2160. The SMILES string of the molecule is C#CC(C)Oc1cc(N2C(=O)C3=C(CCCC3)C2=O)c(F)cc1Cl.CS(=O)(=O)c1ccc(C(=O)C2C(=O)CCCC2=O)c(Cl)c1.C[S+](C)C.O=C(O)CNCP(=O)([O-])O. The maximum absolute atomic E-state index is 14.4. The van der Waals surface area contributed by atoms with Crippen LogP contribution in [-0.2, 0) is 49.3 Å². The minimum absolute atomic E-state index is 0.00216. The van der Waals surface area contributed by atoms with E-state index in [2.05, 4.69) is 24.7 Å². The van der Waals surface area contributed by atoms with Gasteiger partial charge >= 0.3 is 5.97 Å². The minimum atomic E-state index is -4.35. The first-order chi connectivity index (χ1) is 27.3. The monoisotopic (exact) mass is 920 g/mol. The number of carboxylic acid groups (broad SMARTS) is 1. The topological polar surface area (TPSA) is 242 Å². The molecule has 2 atom stereocenters. The van der Waals surface area contributed by atoms with Crippen LogP contribution in [-0.4, -0.2) is 97.5 Å². The molecule has 0 radical (unpaired) electrons. The van der Waals surface area contributed by atoms with Gasteiger partial charge in [0.15, 0.2) is 33.3 Å². The normalized spacial score (nSPS) is 16.9. The molecule has 0 bridgehead atoms. The Morgan fingerprint density at radius 2 is 1.54 bits per heavy atom. The largest absolute Gasteiger partial charge is 0.778 e. The van der Waals surface area contributed by atoms with E-state index in [1.807, 2.05) is 5.32 Å². The first-order valence-electron chi connectivity index (χ1n) is 17.6. The van der Waals surface area contributed by atoms with Gasteiger partial charge in [-0.3, -0.25) is 34.1 Å². The zero-order valence-corrected chi connectivity index (χ0v) is 36.8. The fourth-order valence-electron chi connectivity index (χ4n) is 5.55. The van der Waals surface area contributed by atoms with Crippen molar-refractivity contribution in [2.75, 3.05) is 42.8 Å². The number of Topliss-reactive ketones (excluding diaryl/α,β-unsaturated/α-hetero) is 3. The first-order valence-corrected chi connectivity index (χ1v) is 24.4. The van der Waals surface area contributed by atoms with Crippen LogP contribution < -0.4 is 19.8 Å². The number of anilines is 1. The number of ether oxygens (including phenoxy) is 1. The van der Waals surface area contributed by atoms with Crippen LogP contribution in [0.25, 0.3) is 0 Å². The number of carbonyl (C=O) groups excluding carboxylic acids is 5. The van der Waals surface area contributed by atoms with E-state index in [1.165, 1.54) is 18.2 Å². The quantitative estimate of drug-likeness (QED) is 0.0758. The van der Waals surface area contributed by atoms with Crippen molar-refractivity contribution in [2.45, 2.75) is 62.9 Å². The lowest BCUT2D eigenvalue weighted by atomic mass is 9.82. The molecular weight excluding hydrogens is 877 g/mol. The zero-order valence-electron chi connectivity index (χ0n) is 32.7. The van der Waals surface area contributed by atoms with Crippen molar-refractivity contribution in [3.05, 3.63) is 62.9 Å². The Morgan fingerprint density at radius 1 is 1.02 bits per heavy atom. The van der Waals surface area contributed by atoms with Crippen LogP contribution in [0.5, 0.6) is 5.75 Å². The molecule has 0 saturated heterocycles. The molecular formula is C38H44Cl2FN2O13PS2. The Labute approximate surface area is 354 Å². The molecule has 1 aliphatic heterocycles. The van der Waals surface area contributed by atoms with Crippen molar-refractivity contribution in [3.8, 4) is 18.1 Å². The highest BCUT2D eigenvalue weighted by Gasteiger charge is 2.41. The summed E-state index contributed by atoms with van der Waals surface area (Å²) in [5.74, 6) is -3.13. The number of amides is 2. The van der Waals surface area contributed by atoms with E-state index in [0.717, 1.165) is 36.1 Å². The van der Waals surface area contributed by atoms with Crippen LogP contribution in [0.4, 0.5) is 10.1 Å². The summed E-state index contributed by atoms with van der Waals surface area (Å²) in [6.07, 6.45) is 15.2. The lowest BCUT2D eigenvalue weighted by molar-refractivity contribution is -0.193. The van der Waals surface area contributed by atoms with Gasteiger partial charge in [0.25, 0.3) is 11.8 Å². The number of sulfone groups is 1. The molecule has 0 aromatic heterocycles. The van der Waals surface area contributed by atoms with E-state index < -0.39 is 83.2 Å². The number of nitrogens with one attached hydrogen (secondary N) is 1. The lowest BCUT2D eigenvalue weighted by Crippen LogP contribution is -2.35. The summed E-state index contributed by atoms with van der Waals surface area (Å²) in [7, 11) is -7.15. The van der Waals surface area contributed by atoms with Crippen LogP contribution in [0.15, 0.2) is 46.4 Å². The van der Waals surface area contributed by atoms with Gasteiger partial charge in [0.05, 0.1) is 52.2 Å². The predicted octanol–water partition coefficient (Wildman–Crippen LogP) is 4.15. The minimum Gasteiger partial charge on any atom is -0.778 e. The molecule has 2 amide bonds. The molecule has 2 aliphatic carbocycles. The van der Waals surface area contributed by atoms with Gasteiger partial charge in [-0.1, -0.05) is 29.1 Å². The Hall–Kier alpha value is -3.92. The molecule has 15 nitrogen and oxygen atoms in total. The van der Waals surface area contributed by atoms with Crippen LogP contribution in [0, 0.1) is 24.1 Å². The molecule has 2 aromatic rings. The maximum atomic E-state index is 14.4. The highest BCUT2D eigenvalue weighted by molar-refractivity contribution is 7.94. The van der Waals surface area contributed by atoms with Gasteiger partial charge in [0.1, 0.15) is 25.1 Å². The third-order valence-corrected chi connectivity index (χ3v) is 10.5.